The minimum absolute atomic E-state index is 0.0382. The number of ether oxygens (including phenoxy) is 9. The third-order valence-electron chi connectivity index (χ3n) is 8.18. The molecule has 12 heteroatoms. The lowest BCUT2D eigenvalue weighted by molar-refractivity contribution is -0.145. The molecular weight excluding hydrogens is 658 g/mol. The minimum Gasteiger partial charge on any atom is -0.463 e. The Labute approximate surface area is 303 Å². The molecular formula is C39H59NO11. The SMILES string of the molecule is CCCCCCC(=O)OCCOCCOCCOCCOCCOCCOCCOCCN(C)C(=O)OCC1c2ccccc2-c2ccccc21. The second-order valence-electron chi connectivity index (χ2n) is 12.0. The van der Waals surface area contributed by atoms with Gasteiger partial charge in [-0.05, 0) is 28.7 Å². The van der Waals surface area contributed by atoms with Crippen molar-refractivity contribution in [3.8, 4) is 11.1 Å². The van der Waals surface area contributed by atoms with Crippen molar-refractivity contribution in [2.75, 3.05) is 119 Å². The van der Waals surface area contributed by atoms with E-state index in [1.54, 1.807) is 7.05 Å². The van der Waals surface area contributed by atoms with E-state index in [0.29, 0.717) is 112 Å². The number of likely N-dealkylation sites (N-methyl/N-ethyl adjacent to an activating group) is 1. The molecule has 2 aromatic carbocycles. The van der Waals surface area contributed by atoms with Gasteiger partial charge in [-0.15, -0.1) is 0 Å². The van der Waals surface area contributed by atoms with E-state index in [0.717, 1.165) is 25.7 Å². The molecule has 0 N–H and O–H groups in total. The highest BCUT2D eigenvalue weighted by Crippen LogP contribution is 2.44. The van der Waals surface area contributed by atoms with Crippen molar-refractivity contribution in [2.45, 2.75) is 44.9 Å². The maximum atomic E-state index is 12.6. The first kappa shape index (κ1) is 42.3. The van der Waals surface area contributed by atoms with E-state index in [1.165, 1.54) is 27.2 Å². The van der Waals surface area contributed by atoms with Crippen LogP contribution in [0, 0.1) is 0 Å². The van der Waals surface area contributed by atoms with E-state index >= 15 is 0 Å². The van der Waals surface area contributed by atoms with Crippen LogP contribution in [0.2, 0.25) is 0 Å². The van der Waals surface area contributed by atoms with Crippen LogP contribution < -0.4 is 0 Å². The van der Waals surface area contributed by atoms with Gasteiger partial charge in [0, 0.05) is 25.9 Å². The molecule has 0 aromatic heterocycles. The van der Waals surface area contributed by atoms with Gasteiger partial charge < -0.3 is 47.5 Å². The zero-order chi connectivity index (χ0) is 36.2. The van der Waals surface area contributed by atoms with E-state index in [-0.39, 0.29) is 24.6 Å². The second kappa shape index (κ2) is 27.5. The number of esters is 1. The van der Waals surface area contributed by atoms with Gasteiger partial charge in [0.1, 0.15) is 13.2 Å². The number of amides is 1. The first-order valence-corrected chi connectivity index (χ1v) is 18.4. The zero-order valence-corrected chi connectivity index (χ0v) is 30.7. The van der Waals surface area contributed by atoms with Crippen LogP contribution in [0.25, 0.3) is 11.1 Å². The number of carbonyl (C=O) groups excluding carboxylic acids is 2. The number of benzene rings is 2. The molecule has 51 heavy (non-hydrogen) atoms. The van der Waals surface area contributed by atoms with Gasteiger partial charge >= 0.3 is 12.1 Å². The van der Waals surface area contributed by atoms with Crippen LogP contribution in [0.5, 0.6) is 0 Å². The monoisotopic (exact) mass is 717 g/mol. The van der Waals surface area contributed by atoms with E-state index in [1.807, 2.05) is 24.3 Å². The molecule has 286 valence electrons. The number of unbranched alkanes of at least 4 members (excludes halogenated alkanes) is 3. The third-order valence-corrected chi connectivity index (χ3v) is 8.18. The first-order valence-electron chi connectivity index (χ1n) is 18.4. The molecule has 0 spiro atoms. The van der Waals surface area contributed by atoms with Gasteiger partial charge in [-0.3, -0.25) is 4.79 Å². The van der Waals surface area contributed by atoms with Crippen LogP contribution in [0.4, 0.5) is 4.79 Å². The van der Waals surface area contributed by atoms with E-state index < -0.39 is 0 Å². The Morgan fingerprint density at radius 1 is 0.549 bits per heavy atom. The molecule has 1 amide bonds. The average molecular weight is 718 g/mol. The fraction of sp³-hybridized carbons (Fsp3) is 0.641. The number of fused-ring (bicyclic) bond motifs is 3. The molecule has 1 aliphatic carbocycles. The molecule has 12 nitrogen and oxygen atoms in total. The number of hydrogen-bond donors (Lipinski definition) is 0. The summed E-state index contributed by atoms with van der Waals surface area (Å²) in [6, 6.07) is 16.6. The van der Waals surface area contributed by atoms with Crippen LogP contribution in [-0.2, 0) is 47.4 Å². The van der Waals surface area contributed by atoms with Crippen LogP contribution in [0.1, 0.15) is 56.1 Å². The third kappa shape index (κ3) is 17.8. The molecule has 2 aromatic rings. The summed E-state index contributed by atoms with van der Waals surface area (Å²) in [6.45, 7) is 9.49. The summed E-state index contributed by atoms with van der Waals surface area (Å²) in [5.41, 5.74) is 4.79. The Bertz CT molecular complexity index is 1170. The highest BCUT2D eigenvalue weighted by atomic mass is 16.6. The van der Waals surface area contributed by atoms with Crippen molar-refractivity contribution in [3.63, 3.8) is 0 Å². The van der Waals surface area contributed by atoms with Crippen molar-refractivity contribution in [1.29, 1.82) is 0 Å². The zero-order valence-electron chi connectivity index (χ0n) is 30.7. The van der Waals surface area contributed by atoms with E-state index in [4.69, 9.17) is 42.6 Å². The van der Waals surface area contributed by atoms with Crippen molar-refractivity contribution >= 4 is 12.1 Å². The van der Waals surface area contributed by atoms with Crippen molar-refractivity contribution < 1.29 is 52.2 Å². The first-order chi connectivity index (χ1) is 25.1. The lowest BCUT2D eigenvalue weighted by Gasteiger charge is -2.19. The summed E-state index contributed by atoms with van der Waals surface area (Å²) in [5, 5.41) is 0. The highest BCUT2D eigenvalue weighted by molar-refractivity contribution is 5.79. The van der Waals surface area contributed by atoms with Crippen LogP contribution >= 0.6 is 0 Å². The van der Waals surface area contributed by atoms with Crippen molar-refractivity contribution in [1.82, 2.24) is 4.90 Å². The Kier molecular flexibility index (Phi) is 22.8. The number of hydrogen-bond acceptors (Lipinski definition) is 11. The van der Waals surface area contributed by atoms with E-state index in [9.17, 15) is 9.59 Å². The van der Waals surface area contributed by atoms with E-state index in [2.05, 4.69) is 31.2 Å². The van der Waals surface area contributed by atoms with Gasteiger partial charge in [0.25, 0.3) is 0 Å². The van der Waals surface area contributed by atoms with Gasteiger partial charge in [0.05, 0.1) is 92.5 Å². The van der Waals surface area contributed by atoms with Gasteiger partial charge in [-0.25, -0.2) is 4.79 Å². The van der Waals surface area contributed by atoms with Crippen molar-refractivity contribution in [2.24, 2.45) is 0 Å². The molecule has 3 rings (SSSR count). The number of carbonyl (C=O) groups is 2. The molecule has 0 unspecified atom stereocenters. The summed E-state index contributed by atoms with van der Waals surface area (Å²) in [4.78, 5) is 25.7. The molecule has 0 heterocycles. The Hall–Kier alpha value is -3.10. The lowest BCUT2D eigenvalue weighted by atomic mass is 9.98. The van der Waals surface area contributed by atoms with Gasteiger partial charge in [-0.2, -0.15) is 0 Å². The largest absolute Gasteiger partial charge is 0.463 e. The normalized spacial score (nSPS) is 12.1. The molecule has 1 aliphatic rings. The van der Waals surface area contributed by atoms with Gasteiger partial charge in [0.15, 0.2) is 0 Å². The Balaban J connectivity index is 1.01. The summed E-state index contributed by atoms with van der Waals surface area (Å²) >= 11 is 0. The summed E-state index contributed by atoms with van der Waals surface area (Å²) in [6.07, 6.45) is 4.37. The summed E-state index contributed by atoms with van der Waals surface area (Å²) in [7, 11) is 1.71. The van der Waals surface area contributed by atoms with Crippen LogP contribution in [0.15, 0.2) is 48.5 Å². The topological polar surface area (TPSA) is 120 Å². The molecule has 0 saturated carbocycles. The maximum absolute atomic E-state index is 12.6. The number of nitrogens with zero attached hydrogens (tertiary/aromatic N) is 1. The molecule has 0 radical (unpaired) electrons. The van der Waals surface area contributed by atoms with Crippen molar-refractivity contribution in [3.05, 3.63) is 59.7 Å². The fourth-order valence-corrected chi connectivity index (χ4v) is 5.40. The van der Waals surface area contributed by atoms with Gasteiger partial charge in [-0.1, -0.05) is 74.7 Å². The Morgan fingerprint density at radius 3 is 1.45 bits per heavy atom. The van der Waals surface area contributed by atoms with Crippen LogP contribution in [-0.4, -0.2) is 136 Å². The predicted octanol–water partition coefficient (Wildman–Crippen LogP) is 5.50. The predicted molar refractivity (Wildman–Crippen MR) is 193 cm³/mol. The fourth-order valence-electron chi connectivity index (χ4n) is 5.40. The lowest BCUT2D eigenvalue weighted by Crippen LogP contribution is -2.32. The standard InChI is InChI=1S/C39H59NO11/c1-3-4-5-6-15-38(41)50-31-30-49-29-28-48-27-26-47-25-24-46-23-22-45-21-20-44-19-18-43-17-16-40(2)39(42)51-32-37-35-13-9-7-11-33(35)34-12-8-10-14-36(34)37/h7-14,37H,3-6,15-32H2,1-2H3. The smallest absolute Gasteiger partial charge is 0.409 e. The molecule has 0 atom stereocenters. The maximum Gasteiger partial charge on any atom is 0.409 e. The Morgan fingerprint density at radius 2 is 0.980 bits per heavy atom. The van der Waals surface area contributed by atoms with Crippen LogP contribution in [0.3, 0.4) is 0 Å². The quantitative estimate of drug-likeness (QED) is 0.0727. The molecule has 0 aliphatic heterocycles. The highest BCUT2D eigenvalue weighted by Gasteiger charge is 2.29. The molecule has 0 saturated heterocycles. The second-order valence-corrected chi connectivity index (χ2v) is 12.0. The van der Waals surface area contributed by atoms with Gasteiger partial charge in [0.2, 0.25) is 0 Å². The number of rotatable bonds is 31. The average Bonchev–Trinajstić information content (AvgIpc) is 3.47. The summed E-state index contributed by atoms with van der Waals surface area (Å²) < 4.78 is 49.3. The minimum atomic E-state index is -0.365. The summed E-state index contributed by atoms with van der Waals surface area (Å²) in [5.74, 6) is -0.118. The molecule has 0 bridgehead atoms. The molecule has 0 fully saturated rings.